The Balaban J connectivity index is 2.68. The van der Waals surface area contributed by atoms with Gasteiger partial charge in [-0.15, -0.1) is 0 Å². The lowest BCUT2D eigenvalue weighted by Crippen LogP contribution is -2.53. The average Bonchev–Trinajstić information content (AvgIpc) is 2.52. The Morgan fingerprint density at radius 1 is 1.12 bits per heavy atom. The second-order valence-electron chi connectivity index (χ2n) is 6.32. The van der Waals surface area contributed by atoms with Gasteiger partial charge in [0.2, 0.25) is 6.23 Å². The summed E-state index contributed by atoms with van der Waals surface area (Å²) < 4.78 is 9.61. The second kappa shape index (κ2) is 9.03. The van der Waals surface area contributed by atoms with Crippen LogP contribution >= 0.6 is 0 Å². The predicted octanol–water partition coefficient (Wildman–Crippen LogP) is 0.730. The van der Waals surface area contributed by atoms with Gasteiger partial charge in [-0.05, 0) is 26.3 Å². The molecule has 0 fully saturated rings. The van der Waals surface area contributed by atoms with Crippen LogP contribution in [0.2, 0.25) is 0 Å². The fourth-order valence-corrected chi connectivity index (χ4v) is 1.92. The summed E-state index contributed by atoms with van der Waals surface area (Å²) >= 11 is 0. The molecule has 0 spiro atoms. The fourth-order valence-electron chi connectivity index (χ4n) is 1.92. The van der Waals surface area contributed by atoms with E-state index in [4.69, 9.17) is 4.74 Å². The van der Waals surface area contributed by atoms with Crippen molar-refractivity contribution >= 4 is 18.0 Å². The maximum atomic E-state index is 12.0. The molecule has 0 radical (unpaired) electrons. The number of carbonyl (C=O) groups excluding carboxylic acids is 3. The molecule has 25 heavy (non-hydrogen) atoms. The first-order valence-corrected chi connectivity index (χ1v) is 7.72. The quantitative estimate of drug-likeness (QED) is 0.514. The number of amides is 2. The minimum absolute atomic E-state index is 0.179. The van der Waals surface area contributed by atoms with E-state index in [0.717, 1.165) is 5.56 Å². The number of nitrogens with one attached hydrogen (secondary N) is 2. The third-order valence-corrected chi connectivity index (χ3v) is 2.99. The molecule has 0 aliphatic carbocycles. The van der Waals surface area contributed by atoms with E-state index in [0.29, 0.717) is 0 Å². The molecule has 0 saturated heterocycles. The summed E-state index contributed by atoms with van der Waals surface area (Å²) in [7, 11) is 1.20. The van der Waals surface area contributed by atoms with E-state index in [2.05, 4.69) is 10.1 Å². The highest BCUT2D eigenvalue weighted by molar-refractivity contribution is 5.88. The number of rotatable bonds is 6. The maximum Gasteiger partial charge on any atom is 0.410 e. The number of hydrogen-bond acceptors (Lipinski definition) is 6. The average molecular weight is 352 g/mol. The molecule has 1 aromatic rings. The minimum atomic E-state index is -1.86. The SMILES string of the molecule is COC(=O)[C@H](Cc1ccccc1)NC(=O)[C@H](O)NC(=O)OC(C)(C)C. The van der Waals surface area contributed by atoms with E-state index < -0.39 is 35.8 Å². The molecule has 1 rings (SSSR count). The van der Waals surface area contributed by atoms with Crippen LogP contribution in [0.4, 0.5) is 4.79 Å². The van der Waals surface area contributed by atoms with E-state index in [1.54, 1.807) is 45.0 Å². The molecule has 0 unspecified atom stereocenters. The number of methoxy groups -OCH3 is 1. The molecule has 0 aliphatic heterocycles. The number of benzene rings is 1. The van der Waals surface area contributed by atoms with Crippen LogP contribution in [0.25, 0.3) is 0 Å². The van der Waals surface area contributed by atoms with Crippen molar-refractivity contribution in [2.75, 3.05) is 7.11 Å². The number of carbonyl (C=O) groups is 3. The van der Waals surface area contributed by atoms with Crippen LogP contribution in [-0.4, -0.2) is 48.1 Å². The molecule has 3 N–H and O–H groups in total. The number of aliphatic hydroxyl groups is 1. The van der Waals surface area contributed by atoms with Crippen molar-refractivity contribution in [1.82, 2.24) is 10.6 Å². The summed E-state index contributed by atoms with van der Waals surface area (Å²) in [5, 5.41) is 14.1. The molecule has 8 heteroatoms. The first kappa shape index (κ1) is 20.4. The van der Waals surface area contributed by atoms with E-state index in [1.165, 1.54) is 7.11 Å². The largest absolute Gasteiger partial charge is 0.467 e. The topological polar surface area (TPSA) is 114 Å². The Labute approximate surface area is 146 Å². The van der Waals surface area contributed by atoms with Crippen LogP contribution in [0.15, 0.2) is 30.3 Å². The molecule has 8 nitrogen and oxygen atoms in total. The Morgan fingerprint density at radius 3 is 2.24 bits per heavy atom. The van der Waals surface area contributed by atoms with Crippen LogP contribution in [0, 0.1) is 0 Å². The number of ether oxygens (including phenoxy) is 2. The highest BCUT2D eigenvalue weighted by Crippen LogP contribution is 2.07. The molecule has 0 saturated carbocycles. The zero-order chi connectivity index (χ0) is 19.0. The van der Waals surface area contributed by atoms with Gasteiger partial charge in [-0.2, -0.15) is 0 Å². The fraction of sp³-hybridized carbons (Fsp3) is 0.471. The lowest BCUT2D eigenvalue weighted by Gasteiger charge is -2.22. The third-order valence-electron chi connectivity index (χ3n) is 2.99. The van der Waals surface area contributed by atoms with Gasteiger partial charge in [0, 0.05) is 6.42 Å². The van der Waals surface area contributed by atoms with Crippen molar-refractivity contribution in [3.05, 3.63) is 35.9 Å². The van der Waals surface area contributed by atoms with Gasteiger partial charge in [0.25, 0.3) is 5.91 Å². The predicted molar refractivity (Wildman–Crippen MR) is 89.5 cm³/mol. The Bertz CT molecular complexity index is 597. The highest BCUT2D eigenvalue weighted by Gasteiger charge is 2.27. The Morgan fingerprint density at radius 2 is 1.72 bits per heavy atom. The molecule has 0 bridgehead atoms. The van der Waals surface area contributed by atoms with Crippen LogP contribution in [0.3, 0.4) is 0 Å². The smallest absolute Gasteiger partial charge is 0.410 e. The molecule has 0 heterocycles. The van der Waals surface area contributed by atoms with Gasteiger partial charge in [0.05, 0.1) is 7.11 Å². The van der Waals surface area contributed by atoms with Crippen molar-refractivity contribution < 1.29 is 29.0 Å². The lowest BCUT2D eigenvalue weighted by molar-refractivity contribution is -0.146. The lowest BCUT2D eigenvalue weighted by atomic mass is 10.1. The first-order chi connectivity index (χ1) is 11.6. The summed E-state index contributed by atoms with van der Waals surface area (Å²) in [4.78, 5) is 35.5. The number of hydrogen-bond donors (Lipinski definition) is 3. The second-order valence-corrected chi connectivity index (χ2v) is 6.32. The molecule has 0 aromatic heterocycles. The van der Waals surface area contributed by atoms with Crippen molar-refractivity contribution in [3.8, 4) is 0 Å². The zero-order valence-corrected chi connectivity index (χ0v) is 14.7. The molecule has 138 valence electrons. The number of esters is 1. The van der Waals surface area contributed by atoms with Crippen LogP contribution in [-0.2, 0) is 25.5 Å². The molecular weight excluding hydrogens is 328 g/mol. The first-order valence-electron chi connectivity index (χ1n) is 7.72. The van der Waals surface area contributed by atoms with Crippen molar-refractivity contribution in [2.24, 2.45) is 0 Å². The minimum Gasteiger partial charge on any atom is -0.467 e. The monoisotopic (exact) mass is 352 g/mol. The van der Waals surface area contributed by atoms with E-state index in [-0.39, 0.29) is 6.42 Å². The maximum absolute atomic E-state index is 12.0. The van der Waals surface area contributed by atoms with E-state index in [1.807, 2.05) is 11.4 Å². The van der Waals surface area contributed by atoms with Gasteiger partial charge in [-0.25, -0.2) is 9.59 Å². The number of alkyl carbamates (subject to hydrolysis) is 1. The zero-order valence-electron chi connectivity index (χ0n) is 14.7. The van der Waals surface area contributed by atoms with Crippen LogP contribution in [0.1, 0.15) is 26.3 Å². The van der Waals surface area contributed by atoms with Gasteiger partial charge < -0.3 is 19.9 Å². The van der Waals surface area contributed by atoms with E-state index >= 15 is 0 Å². The third kappa shape index (κ3) is 7.67. The Hall–Kier alpha value is -2.61. The van der Waals surface area contributed by atoms with Gasteiger partial charge >= 0.3 is 12.1 Å². The highest BCUT2D eigenvalue weighted by atomic mass is 16.6. The van der Waals surface area contributed by atoms with Crippen LogP contribution < -0.4 is 10.6 Å². The summed E-state index contributed by atoms with van der Waals surface area (Å²) in [6.07, 6.45) is -2.64. The molecule has 2 amide bonds. The standard InChI is InChI=1S/C17H24N2O6/c1-17(2,3)25-16(23)19-14(21)13(20)18-12(15(22)24-4)10-11-8-6-5-7-9-11/h5-9,12,14,21H,10H2,1-4H3,(H,18,20)(H,19,23)/t12-,14-/m0/s1. The van der Waals surface area contributed by atoms with Gasteiger partial charge in [-0.1, -0.05) is 30.3 Å². The summed E-state index contributed by atoms with van der Waals surface area (Å²) in [6.45, 7) is 4.94. The molecule has 1 aromatic carbocycles. The van der Waals surface area contributed by atoms with Crippen molar-refractivity contribution in [2.45, 2.75) is 45.1 Å². The Kier molecular flexibility index (Phi) is 7.38. The molecular formula is C17H24N2O6. The molecule has 2 atom stereocenters. The molecule has 0 aliphatic rings. The van der Waals surface area contributed by atoms with Gasteiger partial charge in [0.15, 0.2) is 0 Å². The van der Waals surface area contributed by atoms with Crippen molar-refractivity contribution in [1.29, 1.82) is 0 Å². The van der Waals surface area contributed by atoms with E-state index in [9.17, 15) is 19.5 Å². The normalized spacial score (nSPS) is 13.3. The van der Waals surface area contributed by atoms with Gasteiger partial charge in [-0.3, -0.25) is 10.1 Å². The summed E-state index contributed by atoms with van der Waals surface area (Å²) in [5.41, 5.74) is 0.0232. The summed E-state index contributed by atoms with van der Waals surface area (Å²) in [6, 6.07) is 7.99. The number of aliphatic hydroxyl groups excluding tert-OH is 1. The van der Waals surface area contributed by atoms with Gasteiger partial charge in [0.1, 0.15) is 11.6 Å². The van der Waals surface area contributed by atoms with Crippen LogP contribution in [0.5, 0.6) is 0 Å². The van der Waals surface area contributed by atoms with Crippen molar-refractivity contribution in [3.63, 3.8) is 0 Å². The summed E-state index contributed by atoms with van der Waals surface area (Å²) in [5.74, 6) is -1.61.